The van der Waals surface area contributed by atoms with Crippen LogP contribution in [0.4, 0.5) is 5.69 Å². The summed E-state index contributed by atoms with van der Waals surface area (Å²) in [6.45, 7) is 0.415. The molecule has 108 valence electrons. The maximum Gasteiger partial charge on any atom is 0.270 e. The second kappa shape index (κ2) is 7.44. The molecule has 0 N–H and O–H groups in total. The fraction of sp³-hybridized carbons (Fsp3) is 0.133. The highest BCUT2D eigenvalue weighted by Crippen LogP contribution is 2.23. The summed E-state index contributed by atoms with van der Waals surface area (Å²) in [7, 11) is 0. The van der Waals surface area contributed by atoms with Crippen LogP contribution in [0.5, 0.6) is 5.75 Å². The second-order valence-corrected chi connectivity index (χ2v) is 5.28. The van der Waals surface area contributed by atoms with Gasteiger partial charge in [0.15, 0.2) is 6.29 Å². The first kappa shape index (κ1) is 15.1. The second-order valence-electron chi connectivity index (χ2n) is 4.11. The highest BCUT2D eigenvalue weighted by molar-refractivity contribution is 7.99. The molecule has 0 saturated heterocycles. The van der Waals surface area contributed by atoms with Crippen molar-refractivity contribution < 1.29 is 14.5 Å². The summed E-state index contributed by atoms with van der Waals surface area (Å²) in [6.07, 6.45) is 0.562. The highest BCUT2D eigenvalue weighted by Gasteiger charge is 2.11. The molecule has 2 aromatic carbocycles. The SMILES string of the molecule is O=Cc1cc([N+](=O)[O-])ccc1OCCSc1ccccc1. The number of nitro groups is 1. The van der Waals surface area contributed by atoms with Gasteiger partial charge in [0, 0.05) is 22.8 Å². The van der Waals surface area contributed by atoms with Crippen LogP contribution in [-0.4, -0.2) is 23.6 Å². The van der Waals surface area contributed by atoms with Crippen molar-refractivity contribution in [3.05, 3.63) is 64.2 Å². The minimum atomic E-state index is -0.540. The lowest BCUT2D eigenvalue weighted by molar-refractivity contribution is -0.384. The molecule has 0 saturated carbocycles. The third-order valence-electron chi connectivity index (χ3n) is 2.68. The molecule has 2 rings (SSSR count). The summed E-state index contributed by atoms with van der Waals surface area (Å²) in [6, 6.07) is 13.9. The molecule has 6 heteroatoms. The van der Waals surface area contributed by atoms with Gasteiger partial charge >= 0.3 is 0 Å². The summed E-state index contributed by atoms with van der Waals surface area (Å²) in [5.41, 5.74) is 0.0667. The third kappa shape index (κ3) is 4.32. The number of non-ortho nitro benzene ring substituents is 1. The van der Waals surface area contributed by atoms with Crippen LogP contribution >= 0.6 is 11.8 Å². The van der Waals surface area contributed by atoms with E-state index in [1.54, 1.807) is 11.8 Å². The molecule has 2 aromatic rings. The number of carbonyl (C=O) groups excluding carboxylic acids is 1. The first-order valence-corrected chi connectivity index (χ1v) is 7.23. The topological polar surface area (TPSA) is 69.4 Å². The van der Waals surface area contributed by atoms with E-state index in [0.29, 0.717) is 18.6 Å². The van der Waals surface area contributed by atoms with Crippen molar-refractivity contribution in [2.45, 2.75) is 4.90 Å². The molecule has 0 fully saturated rings. The lowest BCUT2D eigenvalue weighted by Crippen LogP contribution is -2.03. The molecule has 0 aromatic heterocycles. The molecular weight excluding hydrogens is 290 g/mol. The predicted octanol–water partition coefficient (Wildman–Crippen LogP) is 3.58. The van der Waals surface area contributed by atoms with Crippen molar-refractivity contribution in [2.75, 3.05) is 12.4 Å². The lowest BCUT2D eigenvalue weighted by Gasteiger charge is -2.08. The summed E-state index contributed by atoms with van der Waals surface area (Å²) < 4.78 is 5.51. The Bertz CT molecular complexity index is 631. The normalized spacial score (nSPS) is 10.1. The molecule has 0 amide bonds. The first-order chi connectivity index (χ1) is 10.2. The quantitative estimate of drug-likeness (QED) is 0.257. The Labute approximate surface area is 126 Å². The lowest BCUT2D eigenvalue weighted by atomic mass is 10.2. The molecule has 0 aliphatic carbocycles. The van der Waals surface area contributed by atoms with Crippen LogP contribution in [0.3, 0.4) is 0 Å². The van der Waals surface area contributed by atoms with E-state index >= 15 is 0 Å². The minimum Gasteiger partial charge on any atom is -0.492 e. The Kier molecular flexibility index (Phi) is 5.34. The van der Waals surface area contributed by atoms with Crippen molar-refractivity contribution in [3.63, 3.8) is 0 Å². The van der Waals surface area contributed by atoms with Crippen molar-refractivity contribution in [1.82, 2.24) is 0 Å². The highest BCUT2D eigenvalue weighted by atomic mass is 32.2. The van der Waals surface area contributed by atoms with E-state index in [9.17, 15) is 14.9 Å². The number of carbonyl (C=O) groups is 1. The Morgan fingerprint density at radius 2 is 1.95 bits per heavy atom. The van der Waals surface area contributed by atoms with E-state index in [0.717, 1.165) is 10.6 Å². The average Bonchev–Trinajstić information content (AvgIpc) is 2.52. The van der Waals surface area contributed by atoms with Crippen LogP contribution in [0, 0.1) is 10.1 Å². The fourth-order valence-electron chi connectivity index (χ4n) is 1.70. The van der Waals surface area contributed by atoms with E-state index in [4.69, 9.17) is 4.74 Å². The number of rotatable bonds is 7. The van der Waals surface area contributed by atoms with Crippen LogP contribution in [-0.2, 0) is 0 Å². The Hall–Kier alpha value is -2.34. The monoisotopic (exact) mass is 303 g/mol. The van der Waals surface area contributed by atoms with E-state index in [2.05, 4.69) is 0 Å². The van der Waals surface area contributed by atoms with Crippen molar-refractivity contribution >= 4 is 23.7 Å². The zero-order chi connectivity index (χ0) is 15.1. The number of ether oxygens (including phenoxy) is 1. The van der Waals surface area contributed by atoms with Crippen LogP contribution in [0.25, 0.3) is 0 Å². The molecular formula is C15H13NO4S. The Morgan fingerprint density at radius 3 is 2.62 bits per heavy atom. The number of nitrogens with zero attached hydrogens (tertiary/aromatic N) is 1. The molecule has 21 heavy (non-hydrogen) atoms. The van der Waals surface area contributed by atoms with Gasteiger partial charge in [-0.2, -0.15) is 0 Å². The molecule has 0 radical (unpaired) electrons. The number of hydrogen-bond acceptors (Lipinski definition) is 5. The Morgan fingerprint density at radius 1 is 1.19 bits per heavy atom. The van der Waals surface area contributed by atoms with Crippen molar-refractivity contribution in [1.29, 1.82) is 0 Å². The van der Waals surface area contributed by atoms with Crippen molar-refractivity contribution in [3.8, 4) is 5.75 Å². The van der Waals surface area contributed by atoms with Gasteiger partial charge in [0.1, 0.15) is 5.75 Å². The number of hydrogen-bond donors (Lipinski definition) is 0. The maximum absolute atomic E-state index is 10.9. The molecule has 5 nitrogen and oxygen atoms in total. The van der Waals surface area contributed by atoms with Gasteiger partial charge < -0.3 is 4.74 Å². The average molecular weight is 303 g/mol. The molecule has 0 unspecified atom stereocenters. The van der Waals surface area contributed by atoms with E-state index in [-0.39, 0.29) is 11.3 Å². The van der Waals surface area contributed by atoms with E-state index in [1.165, 1.54) is 18.2 Å². The van der Waals surface area contributed by atoms with Gasteiger partial charge in [0.2, 0.25) is 0 Å². The predicted molar refractivity (Wildman–Crippen MR) is 81.1 cm³/mol. The van der Waals surface area contributed by atoms with E-state index < -0.39 is 4.92 Å². The number of nitro benzene ring substituents is 1. The van der Waals surface area contributed by atoms with Gasteiger partial charge in [0.25, 0.3) is 5.69 Å². The van der Waals surface area contributed by atoms with Gasteiger partial charge in [-0.3, -0.25) is 14.9 Å². The maximum atomic E-state index is 10.9. The molecule has 0 heterocycles. The van der Waals surface area contributed by atoms with Crippen LogP contribution in [0.1, 0.15) is 10.4 Å². The molecule has 0 aliphatic rings. The standard InChI is InChI=1S/C15H13NO4S/c17-11-12-10-13(16(18)19)6-7-15(12)20-8-9-21-14-4-2-1-3-5-14/h1-7,10-11H,8-9H2. The summed E-state index contributed by atoms with van der Waals surface area (Å²) in [5, 5.41) is 10.6. The molecule has 0 atom stereocenters. The summed E-state index contributed by atoms with van der Waals surface area (Å²) in [4.78, 5) is 22.2. The summed E-state index contributed by atoms with van der Waals surface area (Å²) >= 11 is 1.64. The van der Waals surface area contributed by atoms with Gasteiger partial charge in [-0.15, -0.1) is 11.8 Å². The smallest absolute Gasteiger partial charge is 0.270 e. The van der Waals surface area contributed by atoms with Crippen LogP contribution in [0.15, 0.2) is 53.4 Å². The molecule has 0 spiro atoms. The largest absolute Gasteiger partial charge is 0.492 e. The third-order valence-corrected chi connectivity index (χ3v) is 3.66. The Balaban J connectivity index is 1.91. The number of benzene rings is 2. The number of aldehydes is 1. The number of thioether (sulfide) groups is 1. The van der Waals surface area contributed by atoms with Gasteiger partial charge in [-0.05, 0) is 18.2 Å². The molecule has 0 bridgehead atoms. The zero-order valence-corrected chi connectivity index (χ0v) is 11.9. The molecule has 0 aliphatic heterocycles. The van der Waals surface area contributed by atoms with Crippen LogP contribution in [0.2, 0.25) is 0 Å². The summed E-state index contributed by atoms with van der Waals surface area (Å²) in [5.74, 6) is 1.09. The zero-order valence-electron chi connectivity index (χ0n) is 11.1. The van der Waals surface area contributed by atoms with Crippen molar-refractivity contribution in [2.24, 2.45) is 0 Å². The minimum absolute atomic E-state index is 0.122. The van der Waals surface area contributed by atoms with Gasteiger partial charge in [0.05, 0.1) is 17.1 Å². The van der Waals surface area contributed by atoms with Crippen LogP contribution < -0.4 is 4.74 Å². The van der Waals surface area contributed by atoms with E-state index in [1.807, 2.05) is 30.3 Å². The first-order valence-electron chi connectivity index (χ1n) is 6.25. The fourth-order valence-corrected chi connectivity index (χ4v) is 2.45. The van der Waals surface area contributed by atoms with Gasteiger partial charge in [-0.1, -0.05) is 18.2 Å². The van der Waals surface area contributed by atoms with Gasteiger partial charge in [-0.25, -0.2) is 0 Å².